The van der Waals surface area contributed by atoms with Crippen molar-refractivity contribution in [1.82, 2.24) is 5.32 Å². The molecule has 19 heavy (non-hydrogen) atoms. The molecule has 0 heterocycles. The van der Waals surface area contributed by atoms with Crippen LogP contribution < -0.4 is 5.32 Å². The van der Waals surface area contributed by atoms with Crippen LogP contribution >= 0.6 is 11.8 Å². The van der Waals surface area contributed by atoms with E-state index in [-0.39, 0.29) is 0 Å². The van der Waals surface area contributed by atoms with Gasteiger partial charge in [-0.1, -0.05) is 30.7 Å². The van der Waals surface area contributed by atoms with E-state index in [2.05, 4.69) is 44.3 Å². The van der Waals surface area contributed by atoms with Crippen molar-refractivity contribution >= 4 is 11.8 Å². The van der Waals surface area contributed by atoms with Crippen LogP contribution in [0.5, 0.6) is 0 Å². The van der Waals surface area contributed by atoms with Gasteiger partial charge in [-0.05, 0) is 50.1 Å². The van der Waals surface area contributed by atoms with Crippen LogP contribution in [0, 0.1) is 13.8 Å². The molecule has 1 atom stereocenters. The number of thioether (sulfide) groups is 1. The molecule has 0 aliphatic carbocycles. The smallest absolute Gasteiger partial charge is 0.0438 e. The van der Waals surface area contributed by atoms with Gasteiger partial charge in [0.1, 0.15) is 0 Å². The first-order valence-corrected chi connectivity index (χ1v) is 8.33. The summed E-state index contributed by atoms with van der Waals surface area (Å²) in [6.45, 7) is 7.88. The van der Waals surface area contributed by atoms with Crippen LogP contribution in [0.3, 0.4) is 0 Å². The molecular formula is C16H27NOS. The number of aliphatic hydroxyl groups excluding tert-OH is 1. The van der Waals surface area contributed by atoms with E-state index in [0.29, 0.717) is 12.6 Å². The molecule has 0 saturated carbocycles. The normalized spacial score (nSPS) is 12.6. The second-order valence-electron chi connectivity index (χ2n) is 5.02. The number of hydrogen-bond donors (Lipinski definition) is 2. The zero-order valence-electron chi connectivity index (χ0n) is 12.4. The van der Waals surface area contributed by atoms with Gasteiger partial charge in [0.05, 0.1) is 0 Å². The highest BCUT2D eigenvalue weighted by Crippen LogP contribution is 2.23. The molecule has 0 aromatic heterocycles. The van der Waals surface area contributed by atoms with Gasteiger partial charge in [0.2, 0.25) is 0 Å². The Bertz CT molecular complexity index is 368. The van der Waals surface area contributed by atoms with E-state index in [4.69, 9.17) is 5.11 Å². The molecule has 0 saturated heterocycles. The molecule has 2 nitrogen and oxygen atoms in total. The molecule has 0 amide bonds. The van der Waals surface area contributed by atoms with Crippen molar-refractivity contribution in [3.63, 3.8) is 0 Å². The Morgan fingerprint density at radius 2 is 2.11 bits per heavy atom. The summed E-state index contributed by atoms with van der Waals surface area (Å²) in [6, 6.07) is 7.13. The fourth-order valence-corrected chi connectivity index (χ4v) is 3.19. The summed E-state index contributed by atoms with van der Waals surface area (Å²) >= 11 is 1.92. The number of hydrogen-bond acceptors (Lipinski definition) is 3. The van der Waals surface area contributed by atoms with Crippen LogP contribution in [0.2, 0.25) is 0 Å². The molecule has 2 N–H and O–H groups in total. The standard InChI is InChI=1S/C16H27NOS/c1-4-8-17-16(12-19-10-5-9-18)15-7-6-13(2)11-14(15)3/h6-7,11,16-18H,4-5,8-10,12H2,1-3H3. The molecule has 3 heteroatoms. The largest absolute Gasteiger partial charge is 0.396 e. The molecule has 0 aliphatic rings. The van der Waals surface area contributed by atoms with Crippen molar-refractivity contribution in [3.8, 4) is 0 Å². The van der Waals surface area contributed by atoms with Crippen LogP contribution in [0.25, 0.3) is 0 Å². The number of benzene rings is 1. The zero-order chi connectivity index (χ0) is 14.1. The topological polar surface area (TPSA) is 32.3 Å². The van der Waals surface area contributed by atoms with Crippen molar-refractivity contribution in [2.45, 2.75) is 39.7 Å². The Morgan fingerprint density at radius 1 is 1.32 bits per heavy atom. The first-order chi connectivity index (χ1) is 9.19. The van der Waals surface area contributed by atoms with E-state index in [1.54, 1.807) is 0 Å². The second kappa shape index (κ2) is 9.40. The molecule has 0 radical (unpaired) electrons. The molecule has 0 fully saturated rings. The SMILES string of the molecule is CCCNC(CSCCCO)c1ccc(C)cc1C. The maximum Gasteiger partial charge on any atom is 0.0438 e. The Morgan fingerprint density at radius 3 is 2.74 bits per heavy atom. The van der Waals surface area contributed by atoms with Crippen molar-refractivity contribution in [2.24, 2.45) is 0 Å². The third-order valence-corrected chi connectivity index (χ3v) is 4.32. The van der Waals surface area contributed by atoms with E-state index < -0.39 is 0 Å². The first kappa shape index (κ1) is 16.5. The predicted molar refractivity (Wildman–Crippen MR) is 86.0 cm³/mol. The van der Waals surface area contributed by atoms with Crippen molar-refractivity contribution < 1.29 is 5.11 Å². The van der Waals surface area contributed by atoms with Gasteiger partial charge in [-0.2, -0.15) is 11.8 Å². The summed E-state index contributed by atoms with van der Waals surface area (Å²) in [6.07, 6.45) is 2.04. The Labute approximate surface area is 122 Å². The van der Waals surface area contributed by atoms with Gasteiger partial charge in [-0.25, -0.2) is 0 Å². The Hall–Kier alpha value is -0.510. The van der Waals surface area contributed by atoms with Crippen molar-refractivity contribution in [2.75, 3.05) is 24.7 Å². The highest BCUT2D eigenvalue weighted by atomic mass is 32.2. The second-order valence-corrected chi connectivity index (χ2v) is 6.17. The van der Waals surface area contributed by atoms with E-state index in [1.807, 2.05) is 11.8 Å². The molecule has 0 spiro atoms. The van der Waals surface area contributed by atoms with Gasteiger partial charge < -0.3 is 10.4 Å². The average molecular weight is 281 g/mol. The molecule has 0 bridgehead atoms. The summed E-state index contributed by atoms with van der Waals surface area (Å²) in [5, 5.41) is 12.5. The van der Waals surface area contributed by atoms with Gasteiger partial charge in [0.25, 0.3) is 0 Å². The van der Waals surface area contributed by atoms with Crippen LogP contribution in [0.4, 0.5) is 0 Å². The lowest BCUT2D eigenvalue weighted by Gasteiger charge is -2.21. The highest BCUT2D eigenvalue weighted by Gasteiger charge is 2.12. The third-order valence-electron chi connectivity index (χ3n) is 3.17. The molecule has 1 unspecified atom stereocenters. The van der Waals surface area contributed by atoms with Gasteiger partial charge >= 0.3 is 0 Å². The molecule has 108 valence electrons. The minimum atomic E-state index is 0.295. The van der Waals surface area contributed by atoms with Gasteiger partial charge in [-0.15, -0.1) is 0 Å². The number of nitrogens with one attached hydrogen (secondary N) is 1. The molecule has 1 aromatic rings. The van der Waals surface area contributed by atoms with Gasteiger partial charge in [0.15, 0.2) is 0 Å². The summed E-state index contributed by atoms with van der Waals surface area (Å²) in [5.74, 6) is 2.11. The van der Waals surface area contributed by atoms with E-state index >= 15 is 0 Å². The number of aryl methyl sites for hydroxylation is 2. The Kier molecular flexibility index (Phi) is 8.19. The summed E-state index contributed by atoms with van der Waals surface area (Å²) in [4.78, 5) is 0. The lowest BCUT2D eigenvalue weighted by Crippen LogP contribution is -2.25. The zero-order valence-corrected chi connectivity index (χ0v) is 13.2. The van der Waals surface area contributed by atoms with Crippen LogP contribution in [0.1, 0.15) is 42.5 Å². The van der Waals surface area contributed by atoms with E-state index in [9.17, 15) is 0 Å². The molecule has 1 aromatic carbocycles. The molecule has 0 aliphatic heterocycles. The fraction of sp³-hybridized carbons (Fsp3) is 0.625. The van der Waals surface area contributed by atoms with Crippen molar-refractivity contribution in [3.05, 3.63) is 34.9 Å². The number of aliphatic hydroxyl groups is 1. The monoisotopic (exact) mass is 281 g/mol. The van der Waals surface area contributed by atoms with Crippen molar-refractivity contribution in [1.29, 1.82) is 0 Å². The first-order valence-electron chi connectivity index (χ1n) is 7.18. The number of rotatable bonds is 9. The van der Waals surface area contributed by atoms with Crippen LogP contribution in [-0.4, -0.2) is 29.8 Å². The maximum atomic E-state index is 8.84. The fourth-order valence-electron chi connectivity index (χ4n) is 2.16. The van der Waals surface area contributed by atoms with E-state index in [1.165, 1.54) is 16.7 Å². The average Bonchev–Trinajstić information content (AvgIpc) is 2.39. The van der Waals surface area contributed by atoms with Crippen LogP contribution in [-0.2, 0) is 0 Å². The predicted octanol–water partition coefficient (Wildman–Crippen LogP) is 3.46. The third kappa shape index (κ3) is 5.98. The summed E-state index contributed by atoms with van der Waals surface area (Å²) in [5.41, 5.74) is 4.11. The summed E-state index contributed by atoms with van der Waals surface area (Å²) < 4.78 is 0. The minimum Gasteiger partial charge on any atom is -0.396 e. The lowest BCUT2D eigenvalue weighted by atomic mass is 10.00. The molecular weight excluding hydrogens is 254 g/mol. The summed E-state index contributed by atoms with van der Waals surface area (Å²) in [7, 11) is 0. The van der Waals surface area contributed by atoms with Crippen LogP contribution in [0.15, 0.2) is 18.2 Å². The quantitative estimate of drug-likeness (QED) is 0.680. The highest BCUT2D eigenvalue weighted by molar-refractivity contribution is 7.99. The van der Waals surface area contributed by atoms with Gasteiger partial charge in [0, 0.05) is 18.4 Å². The lowest BCUT2D eigenvalue weighted by molar-refractivity contribution is 0.296. The minimum absolute atomic E-state index is 0.295. The maximum absolute atomic E-state index is 8.84. The van der Waals surface area contributed by atoms with E-state index in [0.717, 1.165) is 30.9 Å². The van der Waals surface area contributed by atoms with Gasteiger partial charge in [-0.3, -0.25) is 0 Å². The Balaban J connectivity index is 2.66. The molecule has 1 rings (SSSR count).